The molecule has 3 rings (SSSR count). The van der Waals surface area contributed by atoms with Gasteiger partial charge in [-0.15, -0.1) is 0 Å². The molecule has 2 aromatic carbocycles. The number of hydrogen-bond acceptors (Lipinski definition) is 4. The zero-order valence-corrected chi connectivity index (χ0v) is 20.7. The van der Waals surface area contributed by atoms with Gasteiger partial charge in [-0.2, -0.15) is 17.5 Å². The summed E-state index contributed by atoms with van der Waals surface area (Å²) < 4.78 is 66.1. The van der Waals surface area contributed by atoms with Crippen LogP contribution in [0.3, 0.4) is 0 Å². The molecular formula is C25H28F3N3O4S. The summed E-state index contributed by atoms with van der Waals surface area (Å²) in [6.45, 7) is 7.01. The van der Waals surface area contributed by atoms with E-state index in [1.807, 2.05) is 0 Å². The predicted molar refractivity (Wildman–Crippen MR) is 128 cm³/mol. The highest BCUT2D eigenvalue weighted by atomic mass is 32.2. The van der Waals surface area contributed by atoms with Gasteiger partial charge in [0.2, 0.25) is 15.9 Å². The molecule has 1 saturated heterocycles. The summed E-state index contributed by atoms with van der Waals surface area (Å²) in [6, 6.07) is 9.06. The first-order chi connectivity index (χ1) is 16.8. The Balaban J connectivity index is 1.65. The molecule has 0 saturated carbocycles. The molecule has 2 atom stereocenters. The standard InChI is InChI=1S/C25H28F3N3O4S/c1-4-23(32)30-21-13-16(2)31(17(3)14-21)36(34,35)22-11-7-19(8-12-22)24(33)29-15-18-5-9-20(10-6-18)25(26,27)28/h4-12,16-17,21H,1,13-15H2,2-3H3,(H,29,33)(H,30,32). The minimum absolute atomic E-state index is 0.0172. The van der Waals surface area contributed by atoms with E-state index < -0.39 is 27.7 Å². The van der Waals surface area contributed by atoms with E-state index in [0.29, 0.717) is 18.4 Å². The van der Waals surface area contributed by atoms with Gasteiger partial charge in [-0.3, -0.25) is 9.59 Å². The van der Waals surface area contributed by atoms with Crippen LogP contribution in [0, 0.1) is 0 Å². The maximum atomic E-state index is 13.3. The van der Waals surface area contributed by atoms with E-state index in [1.165, 1.54) is 46.8 Å². The molecule has 36 heavy (non-hydrogen) atoms. The van der Waals surface area contributed by atoms with Crippen molar-refractivity contribution in [3.05, 3.63) is 77.9 Å². The van der Waals surface area contributed by atoms with Crippen LogP contribution in [0.2, 0.25) is 0 Å². The summed E-state index contributed by atoms with van der Waals surface area (Å²) in [6.07, 6.45) is -2.35. The van der Waals surface area contributed by atoms with Crippen LogP contribution in [0.1, 0.15) is 48.2 Å². The number of carbonyl (C=O) groups is 2. The highest BCUT2D eigenvalue weighted by Crippen LogP contribution is 2.30. The maximum absolute atomic E-state index is 13.3. The number of rotatable bonds is 7. The van der Waals surface area contributed by atoms with Crippen molar-refractivity contribution in [2.45, 2.75) is 62.4 Å². The van der Waals surface area contributed by atoms with Crippen LogP contribution in [0.25, 0.3) is 0 Å². The van der Waals surface area contributed by atoms with Gasteiger partial charge >= 0.3 is 6.18 Å². The molecule has 0 spiro atoms. The van der Waals surface area contributed by atoms with Crippen LogP contribution in [0.15, 0.2) is 66.1 Å². The second-order valence-corrected chi connectivity index (χ2v) is 10.7. The Bertz CT molecular complexity index is 1200. The lowest BCUT2D eigenvalue weighted by atomic mass is 9.95. The Morgan fingerprint density at radius 2 is 1.58 bits per heavy atom. The van der Waals surface area contributed by atoms with Crippen molar-refractivity contribution in [2.75, 3.05) is 0 Å². The van der Waals surface area contributed by atoms with E-state index >= 15 is 0 Å². The van der Waals surface area contributed by atoms with Crippen LogP contribution in [0.4, 0.5) is 13.2 Å². The quantitative estimate of drug-likeness (QED) is 0.539. The van der Waals surface area contributed by atoms with Crippen molar-refractivity contribution in [3.8, 4) is 0 Å². The average Bonchev–Trinajstić information content (AvgIpc) is 2.81. The van der Waals surface area contributed by atoms with E-state index in [1.54, 1.807) is 13.8 Å². The van der Waals surface area contributed by atoms with E-state index in [0.717, 1.165) is 12.1 Å². The molecule has 1 fully saturated rings. The molecule has 7 nitrogen and oxygen atoms in total. The molecule has 2 N–H and O–H groups in total. The number of hydrogen-bond donors (Lipinski definition) is 2. The van der Waals surface area contributed by atoms with Crippen LogP contribution >= 0.6 is 0 Å². The molecular weight excluding hydrogens is 495 g/mol. The zero-order chi connectivity index (χ0) is 26.7. The second-order valence-electron chi connectivity index (χ2n) is 8.82. The molecule has 11 heteroatoms. The number of benzene rings is 2. The lowest BCUT2D eigenvalue weighted by molar-refractivity contribution is -0.137. The normalized spacial score (nSPS) is 21.0. The zero-order valence-electron chi connectivity index (χ0n) is 19.9. The topological polar surface area (TPSA) is 95.6 Å². The summed E-state index contributed by atoms with van der Waals surface area (Å²) in [5.41, 5.74) is -0.0669. The lowest BCUT2D eigenvalue weighted by Gasteiger charge is -2.41. The number of nitrogens with zero attached hydrogens (tertiary/aromatic N) is 1. The van der Waals surface area contributed by atoms with Gasteiger partial charge in [0.25, 0.3) is 5.91 Å². The fraction of sp³-hybridized carbons (Fsp3) is 0.360. The van der Waals surface area contributed by atoms with Crippen molar-refractivity contribution >= 4 is 21.8 Å². The SMILES string of the molecule is C=CC(=O)NC1CC(C)N(S(=O)(=O)c2ccc(C(=O)NCc3ccc(C(F)(F)F)cc3)cc2)C(C)C1. The number of sulfonamides is 1. The van der Waals surface area contributed by atoms with Gasteiger partial charge in [-0.25, -0.2) is 8.42 Å². The molecule has 2 amide bonds. The summed E-state index contributed by atoms with van der Waals surface area (Å²) in [5, 5.41) is 5.43. The van der Waals surface area contributed by atoms with Gasteiger partial charge < -0.3 is 10.6 Å². The largest absolute Gasteiger partial charge is 0.416 e. The first-order valence-corrected chi connectivity index (χ1v) is 12.8. The highest BCUT2D eigenvalue weighted by Gasteiger charge is 2.39. The van der Waals surface area contributed by atoms with Gasteiger partial charge in [0.15, 0.2) is 0 Å². The smallest absolute Gasteiger partial charge is 0.350 e. The van der Waals surface area contributed by atoms with Crippen molar-refractivity contribution in [2.24, 2.45) is 0 Å². The Morgan fingerprint density at radius 3 is 2.08 bits per heavy atom. The molecule has 0 aliphatic carbocycles. The van der Waals surface area contributed by atoms with Crippen molar-refractivity contribution in [1.29, 1.82) is 0 Å². The molecule has 1 aliphatic heterocycles. The van der Waals surface area contributed by atoms with Gasteiger partial charge in [0.05, 0.1) is 10.5 Å². The molecule has 2 unspecified atom stereocenters. The van der Waals surface area contributed by atoms with Gasteiger partial charge in [0, 0.05) is 30.2 Å². The monoisotopic (exact) mass is 523 g/mol. The summed E-state index contributed by atoms with van der Waals surface area (Å²) in [7, 11) is -3.85. The van der Waals surface area contributed by atoms with Crippen LogP contribution in [-0.4, -0.2) is 42.7 Å². The number of nitrogens with one attached hydrogen (secondary N) is 2. The average molecular weight is 524 g/mol. The highest BCUT2D eigenvalue weighted by molar-refractivity contribution is 7.89. The molecule has 0 aromatic heterocycles. The summed E-state index contributed by atoms with van der Waals surface area (Å²) in [4.78, 5) is 24.1. The maximum Gasteiger partial charge on any atom is 0.416 e. The Kier molecular flexibility index (Phi) is 8.25. The number of alkyl halides is 3. The van der Waals surface area contributed by atoms with E-state index in [4.69, 9.17) is 0 Å². The Morgan fingerprint density at radius 1 is 1.03 bits per heavy atom. The van der Waals surface area contributed by atoms with Crippen LogP contribution in [0.5, 0.6) is 0 Å². The third-order valence-corrected chi connectivity index (χ3v) is 8.22. The first-order valence-electron chi connectivity index (χ1n) is 11.3. The van der Waals surface area contributed by atoms with Gasteiger partial charge in [-0.1, -0.05) is 18.7 Å². The summed E-state index contributed by atoms with van der Waals surface area (Å²) >= 11 is 0. The molecule has 1 heterocycles. The molecule has 1 aliphatic rings. The number of halogens is 3. The van der Waals surface area contributed by atoms with Crippen molar-refractivity contribution in [1.82, 2.24) is 14.9 Å². The molecule has 0 radical (unpaired) electrons. The minimum atomic E-state index is -4.43. The van der Waals surface area contributed by atoms with Crippen LogP contribution in [-0.2, 0) is 27.5 Å². The van der Waals surface area contributed by atoms with E-state index in [-0.39, 0.29) is 41.0 Å². The summed E-state index contributed by atoms with van der Waals surface area (Å²) in [5.74, 6) is -0.790. The van der Waals surface area contributed by atoms with E-state index in [2.05, 4.69) is 17.2 Å². The number of amides is 2. The van der Waals surface area contributed by atoms with Crippen LogP contribution < -0.4 is 10.6 Å². The van der Waals surface area contributed by atoms with E-state index in [9.17, 15) is 31.2 Å². The number of carbonyl (C=O) groups excluding carboxylic acids is 2. The Hall–Kier alpha value is -3.18. The fourth-order valence-electron chi connectivity index (χ4n) is 4.41. The third kappa shape index (κ3) is 6.33. The molecule has 0 bridgehead atoms. The molecule has 194 valence electrons. The Labute approximate surface area is 208 Å². The predicted octanol–water partition coefficient (Wildman–Crippen LogP) is 3.87. The van der Waals surface area contributed by atoms with Gasteiger partial charge in [0.1, 0.15) is 0 Å². The lowest BCUT2D eigenvalue weighted by Crippen LogP contribution is -2.54. The minimum Gasteiger partial charge on any atom is -0.350 e. The number of piperidine rings is 1. The van der Waals surface area contributed by atoms with Gasteiger partial charge in [-0.05, 0) is 74.7 Å². The molecule has 2 aromatic rings. The second kappa shape index (κ2) is 10.8. The fourth-order valence-corrected chi connectivity index (χ4v) is 6.25. The van der Waals surface area contributed by atoms with Crippen molar-refractivity contribution < 1.29 is 31.2 Å². The van der Waals surface area contributed by atoms with Crippen molar-refractivity contribution in [3.63, 3.8) is 0 Å². The third-order valence-electron chi connectivity index (χ3n) is 6.08. The first kappa shape index (κ1) is 27.4.